The number of nitrogens with zero attached hydrogens (tertiary/aromatic N) is 1. The molecule has 1 aliphatic heterocycles. The van der Waals surface area contributed by atoms with E-state index >= 15 is 0 Å². The number of nitrogens with one attached hydrogen (secondary N) is 1. The molecule has 7 heteroatoms. The summed E-state index contributed by atoms with van der Waals surface area (Å²) in [6.07, 6.45) is -2.77. The summed E-state index contributed by atoms with van der Waals surface area (Å²) in [6.45, 7) is 1.58. The van der Waals surface area contributed by atoms with E-state index in [-0.39, 0.29) is 46.6 Å². The van der Waals surface area contributed by atoms with Gasteiger partial charge in [-0.2, -0.15) is 13.2 Å². The molecule has 0 radical (unpaired) electrons. The van der Waals surface area contributed by atoms with Crippen molar-refractivity contribution in [2.75, 3.05) is 23.3 Å². The first-order valence-electron chi connectivity index (χ1n) is 15.8. The molecule has 1 fully saturated rings. The van der Waals surface area contributed by atoms with Crippen LogP contribution in [0.15, 0.2) is 133 Å². The Morgan fingerprint density at radius 3 is 1.94 bits per heavy atom. The Kier molecular flexibility index (Phi) is 9.52. The Hall–Kier alpha value is -5.17. The van der Waals surface area contributed by atoms with Crippen LogP contribution in [0.4, 0.5) is 24.5 Å². The number of halogens is 3. The van der Waals surface area contributed by atoms with Crippen LogP contribution in [0, 0.1) is 5.92 Å². The minimum absolute atomic E-state index is 0.00154. The lowest BCUT2D eigenvalue weighted by Crippen LogP contribution is -2.38. The predicted molar refractivity (Wildman–Crippen MR) is 181 cm³/mol. The predicted octanol–water partition coefficient (Wildman–Crippen LogP) is 9.44. The van der Waals surface area contributed by atoms with Crippen LogP contribution in [0.5, 0.6) is 0 Å². The van der Waals surface area contributed by atoms with Gasteiger partial charge in [-0.05, 0) is 71.3 Å². The Bertz CT molecular complexity index is 1810. The van der Waals surface area contributed by atoms with Gasteiger partial charge in [-0.15, -0.1) is 0 Å². The van der Waals surface area contributed by atoms with E-state index in [2.05, 4.69) is 10.2 Å². The third kappa shape index (κ3) is 7.46. The molecule has 1 N–H and O–H groups in total. The molecule has 0 bridgehead atoms. The zero-order valence-electron chi connectivity index (χ0n) is 25.8. The maximum atomic E-state index is 13.8. The molecule has 1 unspecified atom stereocenters. The van der Waals surface area contributed by atoms with Crippen molar-refractivity contribution in [1.29, 1.82) is 0 Å². The largest absolute Gasteiger partial charge is 0.417 e. The average Bonchev–Trinajstić information content (AvgIpc) is 3.09. The van der Waals surface area contributed by atoms with Crippen molar-refractivity contribution in [3.05, 3.63) is 156 Å². The van der Waals surface area contributed by atoms with Gasteiger partial charge in [-0.3, -0.25) is 9.59 Å². The molecule has 1 aliphatic rings. The van der Waals surface area contributed by atoms with E-state index < -0.39 is 11.7 Å². The first kappa shape index (κ1) is 31.8. The van der Waals surface area contributed by atoms with E-state index in [4.69, 9.17) is 0 Å². The molecule has 1 amide bonds. The molecule has 5 aromatic carbocycles. The molecular formula is C40H35F3N2O2. The molecular weight excluding hydrogens is 597 g/mol. The van der Waals surface area contributed by atoms with Crippen molar-refractivity contribution < 1.29 is 22.8 Å². The van der Waals surface area contributed by atoms with Gasteiger partial charge in [0.15, 0.2) is 5.78 Å². The summed E-state index contributed by atoms with van der Waals surface area (Å²) in [7, 11) is 0. The Balaban J connectivity index is 1.12. The monoisotopic (exact) mass is 632 g/mol. The van der Waals surface area contributed by atoms with E-state index in [0.717, 1.165) is 54.5 Å². The molecule has 0 aliphatic carbocycles. The number of alkyl halides is 3. The number of ketones is 1. The van der Waals surface area contributed by atoms with Gasteiger partial charge < -0.3 is 10.2 Å². The summed E-state index contributed by atoms with van der Waals surface area (Å²) in [5.41, 5.74) is 3.38. The molecule has 1 atom stereocenters. The highest BCUT2D eigenvalue weighted by Crippen LogP contribution is 2.39. The van der Waals surface area contributed by atoms with E-state index in [0.29, 0.717) is 0 Å². The molecule has 1 heterocycles. The minimum Gasteiger partial charge on any atom is -0.372 e. The van der Waals surface area contributed by atoms with Crippen molar-refractivity contribution >= 4 is 23.1 Å². The number of para-hydroxylation sites is 1. The van der Waals surface area contributed by atoms with Gasteiger partial charge in [-0.25, -0.2) is 0 Å². The van der Waals surface area contributed by atoms with Gasteiger partial charge in [0, 0.05) is 36.4 Å². The number of amides is 1. The first-order chi connectivity index (χ1) is 22.8. The summed E-state index contributed by atoms with van der Waals surface area (Å²) in [4.78, 5) is 29.3. The highest BCUT2D eigenvalue weighted by Gasteiger charge is 2.35. The zero-order valence-corrected chi connectivity index (χ0v) is 25.8. The fourth-order valence-electron chi connectivity index (χ4n) is 6.56. The van der Waals surface area contributed by atoms with Gasteiger partial charge >= 0.3 is 6.18 Å². The molecule has 5 aromatic rings. The number of anilines is 2. The zero-order chi connectivity index (χ0) is 32.8. The van der Waals surface area contributed by atoms with Crippen molar-refractivity contribution in [3.8, 4) is 11.1 Å². The number of carbonyl (C=O) groups excluding carboxylic acids is 2. The van der Waals surface area contributed by atoms with Crippen molar-refractivity contribution in [1.82, 2.24) is 0 Å². The molecule has 238 valence electrons. The molecule has 4 nitrogen and oxygen atoms in total. The standard InChI is InChI=1S/C40H35F3N2O2/c41-40(42,43)36-18-10-9-16-34(36)33-15-7-8-17-35(33)37(46)27-28-19-21-32(22-20-28)45-25-23-30(24-26-45)38(29-11-3-1-4-12-29)39(47)44-31-13-5-2-6-14-31/h1-22,30,38H,23-27H2,(H,44,47). The second kappa shape index (κ2) is 14.1. The first-order valence-corrected chi connectivity index (χ1v) is 15.8. The Morgan fingerprint density at radius 1 is 0.702 bits per heavy atom. The van der Waals surface area contributed by atoms with Gasteiger partial charge in [0.1, 0.15) is 0 Å². The fraction of sp³-hybridized carbons (Fsp3) is 0.200. The lowest BCUT2D eigenvalue weighted by Gasteiger charge is -2.37. The smallest absolute Gasteiger partial charge is 0.372 e. The second-order valence-electron chi connectivity index (χ2n) is 11.9. The molecule has 47 heavy (non-hydrogen) atoms. The summed E-state index contributed by atoms with van der Waals surface area (Å²) in [6, 6.07) is 39.1. The number of Topliss-reactive ketones (excluding diaryl/α,β-unsaturated/α-hetero) is 1. The van der Waals surface area contributed by atoms with Crippen LogP contribution in [0.1, 0.15) is 45.8 Å². The highest BCUT2D eigenvalue weighted by molar-refractivity contribution is 6.03. The molecule has 6 rings (SSSR count). The fourth-order valence-corrected chi connectivity index (χ4v) is 6.56. The number of piperidine rings is 1. The summed E-state index contributed by atoms with van der Waals surface area (Å²) in [5.74, 6) is -0.333. The van der Waals surface area contributed by atoms with Crippen LogP contribution in [-0.2, 0) is 17.4 Å². The highest BCUT2D eigenvalue weighted by atomic mass is 19.4. The SMILES string of the molecule is O=C(Cc1ccc(N2CCC(C(C(=O)Nc3ccccc3)c3ccccc3)CC2)cc1)c1ccccc1-c1ccccc1C(F)(F)F. The third-order valence-electron chi connectivity index (χ3n) is 8.91. The van der Waals surface area contributed by atoms with Gasteiger partial charge in [0.25, 0.3) is 0 Å². The number of hydrogen-bond acceptors (Lipinski definition) is 3. The van der Waals surface area contributed by atoms with Crippen molar-refractivity contribution in [2.45, 2.75) is 31.4 Å². The van der Waals surface area contributed by atoms with E-state index in [1.165, 1.54) is 12.1 Å². The van der Waals surface area contributed by atoms with Crippen LogP contribution in [0.25, 0.3) is 11.1 Å². The Labute approximate surface area is 272 Å². The lowest BCUT2D eigenvalue weighted by atomic mass is 9.79. The molecule has 0 spiro atoms. The lowest BCUT2D eigenvalue weighted by molar-refractivity contribution is -0.137. The number of carbonyl (C=O) groups is 2. The van der Waals surface area contributed by atoms with Crippen LogP contribution >= 0.6 is 0 Å². The maximum absolute atomic E-state index is 13.8. The maximum Gasteiger partial charge on any atom is 0.417 e. The average molecular weight is 633 g/mol. The molecule has 0 saturated carbocycles. The summed E-state index contributed by atoms with van der Waals surface area (Å²) in [5, 5.41) is 3.11. The third-order valence-corrected chi connectivity index (χ3v) is 8.91. The normalized spacial score (nSPS) is 14.4. The van der Waals surface area contributed by atoms with Crippen molar-refractivity contribution in [3.63, 3.8) is 0 Å². The Morgan fingerprint density at radius 2 is 1.28 bits per heavy atom. The second-order valence-corrected chi connectivity index (χ2v) is 11.9. The van der Waals surface area contributed by atoms with Crippen LogP contribution in [-0.4, -0.2) is 24.8 Å². The number of rotatable bonds is 9. The van der Waals surface area contributed by atoms with Crippen molar-refractivity contribution in [2.24, 2.45) is 5.92 Å². The van der Waals surface area contributed by atoms with Gasteiger partial charge in [0.05, 0.1) is 11.5 Å². The minimum atomic E-state index is -4.53. The topological polar surface area (TPSA) is 49.4 Å². The number of benzene rings is 5. The number of hydrogen-bond donors (Lipinski definition) is 1. The summed E-state index contributed by atoms with van der Waals surface area (Å²) < 4.78 is 41.3. The van der Waals surface area contributed by atoms with E-state index in [1.807, 2.05) is 84.9 Å². The van der Waals surface area contributed by atoms with E-state index in [1.54, 1.807) is 30.3 Å². The van der Waals surface area contributed by atoms with Crippen LogP contribution in [0.2, 0.25) is 0 Å². The van der Waals surface area contributed by atoms with E-state index in [9.17, 15) is 22.8 Å². The molecule has 0 aromatic heterocycles. The van der Waals surface area contributed by atoms with Gasteiger partial charge in [0.2, 0.25) is 5.91 Å². The van der Waals surface area contributed by atoms with Gasteiger partial charge in [-0.1, -0.05) is 103 Å². The summed E-state index contributed by atoms with van der Waals surface area (Å²) >= 11 is 0. The van der Waals surface area contributed by atoms with Crippen LogP contribution < -0.4 is 10.2 Å². The van der Waals surface area contributed by atoms with Crippen LogP contribution in [0.3, 0.4) is 0 Å². The quantitative estimate of drug-likeness (QED) is 0.165. The molecule has 1 saturated heterocycles.